The summed E-state index contributed by atoms with van der Waals surface area (Å²) < 4.78 is 62.1. The minimum Gasteiger partial charge on any atom is -0.495 e. The highest BCUT2D eigenvalue weighted by Crippen LogP contribution is 2.38. The van der Waals surface area contributed by atoms with Crippen molar-refractivity contribution in [2.45, 2.75) is 23.6 Å². The molecule has 1 N–H and O–H groups in total. The highest BCUT2D eigenvalue weighted by atomic mass is 32.2. The van der Waals surface area contributed by atoms with Crippen molar-refractivity contribution in [1.82, 2.24) is 20.1 Å². The van der Waals surface area contributed by atoms with Crippen LogP contribution in [0.5, 0.6) is 23.0 Å². The van der Waals surface area contributed by atoms with E-state index in [-0.39, 0.29) is 12.1 Å². The lowest BCUT2D eigenvalue weighted by atomic mass is 10.1. The first-order valence-corrected chi connectivity index (χ1v) is 13.1. The summed E-state index contributed by atoms with van der Waals surface area (Å²) in [5, 5.41) is 11.9. The smallest absolute Gasteiger partial charge is 0.416 e. The summed E-state index contributed by atoms with van der Waals surface area (Å²) in [4.78, 5) is 13.1. The van der Waals surface area contributed by atoms with Gasteiger partial charge in [-0.25, -0.2) is 0 Å². The zero-order valence-corrected chi connectivity index (χ0v) is 23.4. The Balaban J connectivity index is 1.60. The number of halogens is 3. The van der Waals surface area contributed by atoms with Gasteiger partial charge in [-0.15, -0.1) is 10.2 Å². The van der Waals surface area contributed by atoms with E-state index in [2.05, 4.69) is 15.5 Å². The van der Waals surface area contributed by atoms with Gasteiger partial charge in [-0.2, -0.15) is 13.2 Å². The van der Waals surface area contributed by atoms with Crippen LogP contribution in [-0.2, 0) is 18.5 Å². The van der Waals surface area contributed by atoms with E-state index in [1.807, 2.05) is 18.2 Å². The molecule has 0 aliphatic heterocycles. The normalized spacial score (nSPS) is 11.2. The Labute approximate surface area is 238 Å². The highest BCUT2D eigenvalue weighted by Gasteiger charge is 2.30. The Hall–Kier alpha value is -4.39. The number of methoxy groups -OCH3 is 4. The van der Waals surface area contributed by atoms with Gasteiger partial charge in [0.25, 0.3) is 5.91 Å². The number of nitrogens with zero attached hydrogens (tertiary/aromatic N) is 3. The molecule has 0 saturated carbocycles. The van der Waals surface area contributed by atoms with Crippen LogP contribution < -0.4 is 24.3 Å². The predicted octanol–water partition coefficient (Wildman–Crippen LogP) is 5.54. The molecule has 0 atom stereocenters. The second kappa shape index (κ2) is 12.9. The Morgan fingerprint density at radius 3 is 2.10 bits per heavy atom. The van der Waals surface area contributed by atoms with Gasteiger partial charge in [0, 0.05) is 11.3 Å². The minimum absolute atomic E-state index is 0.00137. The minimum atomic E-state index is -4.41. The molecule has 0 aliphatic carbocycles. The van der Waals surface area contributed by atoms with Crippen LogP contribution in [0.4, 0.5) is 13.2 Å². The van der Waals surface area contributed by atoms with E-state index in [0.717, 1.165) is 12.1 Å². The second-order valence-electron chi connectivity index (χ2n) is 8.49. The number of nitrogens with one attached hydrogen (secondary N) is 1. The molecule has 0 fully saturated rings. The molecule has 0 radical (unpaired) electrons. The van der Waals surface area contributed by atoms with Gasteiger partial charge in [-0.3, -0.25) is 9.36 Å². The summed E-state index contributed by atoms with van der Waals surface area (Å²) in [6, 6.07) is 15.2. The number of hydrogen-bond donors (Lipinski definition) is 1. The molecule has 0 aliphatic rings. The van der Waals surface area contributed by atoms with Crippen LogP contribution in [0.3, 0.4) is 0 Å². The number of ether oxygens (including phenoxy) is 4. The largest absolute Gasteiger partial charge is 0.495 e. The average Bonchev–Trinajstić information content (AvgIpc) is 3.39. The molecule has 216 valence electrons. The molecule has 4 rings (SSSR count). The molecule has 41 heavy (non-hydrogen) atoms. The number of para-hydroxylation sites is 2. The van der Waals surface area contributed by atoms with Gasteiger partial charge in [0.1, 0.15) is 5.75 Å². The van der Waals surface area contributed by atoms with Gasteiger partial charge in [0.15, 0.2) is 22.5 Å². The van der Waals surface area contributed by atoms with Crippen molar-refractivity contribution in [3.8, 4) is 28.7 Å². The standard InChI is InChI=1S/C28H27F3N4O5S/c1-37-21-8-6-5-7-20(21)35-24(15-32-26(36)18-13-22(38-2)25(40-4)23(14-18)39-3)33-34-27(35)41-16-17-9-11-19(12-10-17)28(29,30)31/h5-14H,15-16H2,1-4H3,(H,32,36). The second-order valence-corrected chi connectivity index (χ2v) is 9.43. The van der Waals surface area contributed by atoms with Crippen molar-refractivity contribution in [2.24, 2.45) is 0 Å². The molecule has 1 heterocycles. The Morgan fingerprint density at radius 2 is 1.51 bits per heavy atom. The Bertz CT molecular complexity index is 1480. The molecular weight excluding hydrogens is 561 g/mol. The molecule has 0 unspecified atom stereocenters. The van der Waals surface area contributed by atoms with E-state index < -0.39 is 17.6 Å². The third kappa shape index (κ3) is 6.68. The van der Waals surface area contributed by atoms with E-state index in [1.165, 1.54) is 64.5 Å². The molecular formula is C28H27F3N4O5S. The number of carbonyl (C=O) groups is 1. The number of rotatable bonds is 11. The molecule has 0 spiro atoms. The molecule has 4 aromatic rings. The first-order chi connectivity index (χ1) is 19.7. The summed E-state index contributed by atoms with van der Waals surface area (Å²) in [6.45, 7) is 0.00137. The number of carbonyl (C=O) groups excluding carboxylic acids is 1. The Kier molecular flexibility index (Phi) is 9.28. The maximum Gasteiger partial charge on any atom is 0.416 e. The first kappa shape index (κ1) is 29.6. The van der Waals surface area contributed by atoms with Gasteiger partial charge in [-0.1, -0.05) is 36.0 Å². The third-order valence-electron chi connectivity index (χ3n) is 6.01. The van der Waals surface area contributed by atoms with Crippen molar-refractivity contribution in [3.05, 3.63) is 83.2 Å². The summed E-state index contributed by atoms with van der Waals surface area (Å²) in [5.41, 5.74) is 0.870. The first-order valence-electron chi connectivity index (χ1n) is 12.1. The monoisotopic (exact) mass is 588 g/mol. The number of alkyl halides is 3. The lowest BCUT2D eigenvalue weighted by Gasteiger charge is -2.15. The van der Waals surface area contributed by atoms with E-state index in [9.17, 15) is 18.0 Å². The topological polar surface area (TPSA) is 96.7 Å². The van der Waals surface area contributed by atoms with Crippen LogP contribution in [0.25, 0.3) is 5.69 Å². The molecule has 3 aromatic carbocycles. The molecule has 0 bridgehead atoms. The van der Waals surface area contributed by atoms with E-state index in [0.29, 0.717) is 51.0 Å². The number of aromatic nitrogens is 3. The maximum atomic E-state index is 13.1. The lowest BCUT2D eigenvalue weighted by molar-refractivity contribution is -0.137. The van der Waals surface area contributed by atoms with Crippen molar-refractivity contribution < 1.29 is 36.9 Å². The van der Waals surface area contributed by atoms with Gasteiger partial charge >= 0.3 is 6.18 Å². The fraction of sp³-hybridized carbons (Fsp3) is 0.250. The summed E-state index contributed by atoms with van der Waals surface area (Å²) in [5.74, 6) is 1.89. The molecule has 0 saturated heterocycles. The SMILES string of the molecule is COc1ccccc1-n1c(CNC(=O)c2cc(OC)c(OC)c(OC)c2)nnc1SCc1ccc(C(F)(F)F)cc1. The van der Waals surface area contributed by atoms with Crippen molar-refractivity contribution in [3.63, 3.8) is 0 Å². The predicted molar refractivity (Wildman–Crippen MR) is 146 cm³/mol. The van der Waals surface area contributed by atoms with Gasteiger partial charge < -0.3 is 24.3 Å². The van der Waals surface area contributed by atoms with Crippen LogP contribution in [0.15, 0.2) is 65.8 Å². The number of thioether (sulfide) groups is 1. The van der Waals surface area contributed by atoms with Crippen LogP contribution in [0.2, 0.25) is 0 Å². The molecule has 9 nitrogen and oxygen atoms in total. The number of benzene rings is 3. The van der Waals surface area contributed by atoms with Crippen molar-refractivity contribution >= 4 is 17.7 Å². The van der Waals surface area contributed by atoms with Crippen molar-refractivity contribution in [1.29, 1.82) is 0 Å². The van der Waals surface area contributed by atoms with Crippen LogP contribution in [0, 0.1) is 0 Å². The van der Waals surface area contributed by atoms with Gasteiger partial charge in [0.05, 0.1) is 46.2 Å². The summed E-state index contributed by atoms with van der Waals surface area (Å²) in [7, 11) is 5.92. The fourth-order valence-corrected chi connectivity index (χ4v) is 4.90. The fourth-order valence-electron chi connectivity index (χ4n) is 3.98. The Morgan fingerprint density at radius 1 is 0.878 bits per heavy atom. The number of hydrogen-bond acceptors (Lipinski definition) is 8. The van der Waals surface area contributed by atoms with E-state index >= 15 is 0 Å². The average molecular weight is 589 g/mol. The zero-order valence-electron chi connectivity index (χ0n) is 22.6. The van der Waals surface area contributed by atoms with E-state index in [4.69, 9.17) is 18.9 Å². The number of amides is 1. The van der Waals surface area contributed by atoms with Crippen molar-refractivity contribution in [2.75, 3.05) is 28.4 Å². The lowest BCUT2D eigenvalue weighted by Crippen LogP contribution is -2.25. The van der Waals surface area contributed by atoms with Crippen LogP contribution in [-0.4, -0.2) is 49.1 Å². The summed E-state index contributed by atoms with van der Waals surface area (Å²) in [6.07, 6.45) is -4.41. The van der Waals surface area contributed by atoms with Gasteiger partial charge in [-0.05, 0) is 42.0 Å². The highest BCUT2D eigenvalue weighted by molar-refractivity contribution is 7.98. The van der Waals surface area contributed by atoms with Crippen LogP contribution in [0.1, 0.15) is 27.3 Å². The zero-order chi connectivity index (χ0) is 29.6. The van der Waals surface area contributed by atoms with Gasteiger partial charge in [0.2, 0.25) is 5.75 Å². The maximum absolute atomic E-state index is 13.1. The molecule has 1 aromatic heterocycles. The quantitative estimate of drug-likeness (QED) is 0.228. The molecule has 13 heteroatoms. The molecule has 1 amide bonds. The van der Waals surface area contributed by atoms with Crippen LogP contribution >= 0.6 is 11.8 Å². The third-order valence-corrected chi connectivity index (χ3v) is 7.01. The summed E-state index contributed by atoms with van der Waals surface area (Å²) >= 11 is 1.29. The van der Waals surface area contributed by atoms with E-state index in [1.54, 1.807) is 10.6 Å².